The van der Waals surface area contributed by atoms with Crippen molar-refractivity contribution in [3.8, 4) is 11.5 Å². The first-order chi connectivity index (χ1) is 7.31. The molecule has 1 aromatic carbocycles. The zero-order valence-corrected chi connectivity index (χ0v) is 9.12. The van der Waals surface area contributed by atoms with Gasteiger partial charge in [0.05, 0.1) is 13.7 Å². The van der Waals surface area contributed by atoms with Crippen molar-refractivity contribution < 1.29 is 14.6 Å². The van der Waals surface area contributed by atoms with Gasteiger partial charge >= 0.3 is 0 Å². The summed E-state index contributed by atoms with van der Waals surface area (Å²) in [7, 11) is 3.50. The third kappa shape index (κ3) is 3.42. The topological polar surface area (TPSA) is 50.7 Å². The van der Waals surface area contributed by atoms with E-state index in [1.54, 1.807) is 7.11 Å². The molecule has 0 saturated carbocycles. The Morgan fingerprint density at radius 3 is 2.80 bits per heavy atom. The van der Waals surface area contributed by atoms with E-state index in [-0.39, 0.29) is 6.61 Å². The molecule has 0 aliphatic rings. The molecule has 0 fully saturated rings. The van der Waals surface area contributed by atoms with Gasteiger partial charge in [-0.2, -0.15) is 0 Å². The molecule has 0 spiro atoms. The summed E-state index contributed by atoms with van der Waals surface area (Å²) in [4.78, 5) is 0. The minimum Gasteiger partial charge on any atom is -0.497 e. The summed E-state index contributed by atoms with van der Waals surface area (Å²) in [5.74, 6) is 1.58. The van der Waals surface area contributed by atoms with E-state index in [1.807, 2.05) is 25.2 Å². The zero-order chi connectivity index (χ0) is 11.1. The number of ether oxygens (including phenoxy) is 2. The predicted molar refractivity (Wildman–Crippen MR) is 58.3 cm³/mol. The van der Waals surface area contributed by atoms with Crippen LogP contribution in [0.5, 0.6) is 11.5 Å². The fourth-order valence-electron chi connectivity index (χ4n) is 1.31. The van der Waals surface area contributed by atoms with E-state index in [4.69, 9.17) is 14.6 Å². The molecular formula is C11H17NO3. The Morgan fingerprint density at radius 2 is 2.20 bits per heavy atom. The van der Waals surface area contributed by atoms with E-state index in [0.29, 0.717) is 13.2 Å². The number of hydrogen-bond donors (Lipinski definition) is 2. The van der Waals surface area contributed by atoms with Crippen LogP contribution in [0.3, 0.4) is 0 Å². The first-order valence-electron chi connectivity index (χ1n) is 4.87. The van der Waals surface area contributed by atoms with Crippen LogP contribution in [0.25, 0.3) is 0 Å². The van der Waals surface area contributed by atoms with E-state index in [9.17, 15) is 0 Å². The second-order valence-electron chi connectivity index (χ2n) is 3.08. The number of aliphatic hydroxyl groups is 1. The zero-order valence-electron chi connectivity index (χ0n) is 9.12. The standard InChI is InChI=1S/C11H17NO3/c1-12-8-9-7-10(14-2)3-4-11(9)15-6-5-13/h3-4,7,12-13H,5-6,8H2,1-2H3. The van der Waals surface area contributed by atoms with Crippen molar-refractivity contribution >= 4 is 0 Å². The maximum atomic E-state index is 8.68. The summed E-state index contributed by atoms with van der Waals surface area (Å²) in [5, 5.41) is 11.7. The number of nitrogens with one attached hydrogen (secondary N) is 1. The van der Waals surface area contributed by atoms with Crippen molar-refractivity contribution in [3.05, 3.63) is 23.8 Å². The summed E-state index contributed by atoms with van der Waals surface area (Å²) in [6, 6.07) is 5.61. The van der Waals surface area contributed by atoms with Gasteiger partial charge in [0, 0.05) is 12.1 Å². The number of rotatable bonds is 6. The van der Waals surface area contributed by atoms with Crippen LogP contribution in [-0.2, 0) is 6.54 Å². The molecule has 4 heteroatoms. The highest BCUT2D eigenvalue weighted by molar-refractivity contribution is 5.40. The van der Waals surface area contributed by atoms with Crippen LogP contribution in [0.2, 0.25) is 0 Å². The van der Waals surface area contributed by atoms with Crippen LogP contribution in [0.4, 0.5) is 0 Å². The van der Waals surface area contributed by atoms with Crippen molar-refractivity contribution in [1.29, 1.82) is 0 Å². The highest BCUT2D eigenvalue weighted by Crippen LogP contribution is 2.23. The van der Waals surface area contributed by atoms with Crippen molar-refractivity contribution in [3.63, 3.8) is 0 Å². The van der Waals surface area contributed by atoms with Gasteiger partial charge in [-0.15, -0.1) is 0 Å². The first kappa shape index (κ1) is 11.8. The summed E-state index contributed by atoms with van der Waals surface area (Å²) >= 11 is 0. The SMILES string of the molecule is CNCc1cc(OC)ccc1OCCO. The quantitative estimate of drug-likeness (QED) is 0.730. The lowest BCUT2D eigenvalue weighted by molar-refractivity contribution is 0.200. The van der Waals surface area contributed by atoms with E-state index in [0.717, 1.165) is 17.1 Å². The molecule has 0 bridgehead atoms. The molecule has 4 nitrogen and oxygen atoms in total. The van der Waals surface area contributed by atoms with Gasteiger partial charge in [-0.05, 0) is 25.2 Å². The van der Waals surface area contributed by atoms with Crippen molar-refractivity contribution in [1.82, 2.24) is 5.32 Å². The number of benzene rings is 1. The Balaban J connectivity index is 2.82. The molecule has 0 aromatic heterocycles. The second-order valence-corrected chi connectivity index (χ2v) is 3.08. The largest absolute Gasteiger partial charge is 0.497 e. The Hall–Kier alpha value is -1.26. The Morgan fingerprint density at radius 1 is 1.40 bits per heavy atom. The molecule has 84 valence electrons. The maximum absolute atomic E-state index is 8.68. The summed E-state index contributed by atoms with van der Waals surface area (Å²) in [6.45, 7) is 1.03. The van der Waals surface area contributed by atoms with Crippen molar-refractivity contribution in [2.45, 2.75) is 6.54 Å². The number of methoxy groups -OCH3 is 1. The molecule has 0 amide bonds. The smallest absolute Gasteiger partial charge is 0.124 e. The molecule has 0 aliphatic heterocycles. The van der Waals surface area contributed by atoms with Crippen molar-refractivity contribution in [2.24, 2.45) is 0 Å². The fraction of sp³-hybridized carbons (Fsp3) is 0.455. The molecule has 0 unspecified atom stereocenters. The van der Waals surface area contributed by atoms with Gasteiger partial charge in [-0.1, -0.05) is 0 Å². The predicted octanol–water partition coefficient (Wildman–Crippen LogP) is 0.786. The van der Waals surface area contributed by atoms with Crippen LogP contribution >= 0.6 is 0 Å². The van der Waals surface area contributed by atoms with Gasteiger partial charge in [-0.25, -0.2) is 0 Å². The minimum atomic E-state index is 0.0189. The highest BCUT2D eigenvalue weighted by Gasteiger charge is 2.04. The Bertz CT molecular complexity index is 302. The fourth-order valence-corrected chi connectivity index (χ4v) is 1.31. The van der Waals surface area contributed by atoms with Crippen molar-refractivity contribution in [2.75, 3.05) is 27.4 Å². The molecular weight excluding hydrogens is 194 g/mol. The lowest BCUT2D eigenvalue weighted by Crippen LogP contribution is -2.09. The molecule has 15 heavy (non-hydrogen) atoms. The van der Waals surface area contributed by atoms with Gasteiger partial charge in [0.2, 0.25) is 0 Å². The van der Waals surface area contributed by atoms with Gasteiger partial charge in [0.1, 0.15) is 18.1 Å². The van der Waals surface area contributed by atoms with E-state index in [1.165, 1.54) is 0 Å². The van der Waals surface area contributed by atoms with Gasteiger partial charge in [0.15, 0.2) is 0 Å². The Labute approximate surface area is 89.8 Å². The van der Waals surface area contributed by atoms with Crippen LogP contribution < -0.4 is 14.8 Å². The number of hydrogen-bond acceptors (Lipinski definition) is 4. The summed E-state index contributed by atoms with van der Waals surface area (Å²) in [6.07, 6.45) is 0. The average molecular weight is 211 g/mol. The molecule has 0 aliphatic carbocycles. The molecule has 0 saturated heterocycles. The Kier molecular flexibility index (Phi) is 4.93. The monoisotopic (exact) mass is 211 g/mol. The maximum Gasteiger partial charge on any atom is 0.124 e. The van der Waals surface area contributed by atoms with E-state index >= 15 is 0 Å². The van der Waals surface area contributed by atoms with E-state index in [2.05, 4.69) is 5.32 Å². The lowest BCUT2D eigenvalue weighted by Gasteiger charge is -2.11. The summed E-state index contributed by atoms with van der Waals surface area (Å²) < 4.78 is 10.5. The third-order valence-electron chi connectivity index (χ3n) is 1.98. The molecule has 0 atom stereocenters. The minimum absolute atomic E-state index is 0.0189. The average Bonchev–Trinajstić information content (AvgIpc) is 2.27. The van der Waals surface area contributed by atoms with E-state index < -0.39 is 0 Å². The molecule has 2 N–H and O–H groups in total. The highest BCUT2D eigenvalue weighted by atomic mass is 16.5. The number of aliphatic hydroxyl groups excluding tert-OH is 1. The molecule has 0 heterocycles. The third-order valence-corrected chi connectivity index (χ3v) is 1.98. The van der Waals surface area contributed by atoms with Crippen LogP contribution in [0, 0.1) is 0 Å². The van der Waals surface area contributed by atoms with Crippen LogP contribution in [0.1, 0.15) is 5.56 Å². The lowest BCUT2D eigenvalue weighted by atomic mass is 10.2. The normalized spacial score (nSPS) is 10.1. The molecule has 1 rings (SSSR count). The second kappa shape index (κ2) is 6.27. The summed E-state index contributed by atoms with van der Waals surface area (Å²) in [5.41, 5.74) is 1.02. The molecule has 1 aromatic rings. The molecule has 0 radical (unpaired) electrons. The van der Waals surface area contributed by atoms with Gasteiger partial charge < -0.3 is 19.9 Å². The van der Waals surface area contributed by atoms with Gasteiger partial charge in [0.25, 0.3) is 0 Å². The van der Waals surface area contributed by atoms with Crippen LogP contribution in [0.15, 0.2) is 18.2 Å². The van der Waals surface area contributed by atoms with Crippen LogP contribution in [-0.4, -0.2) is 32.5 Å². The van der Waals surface area contributed by atoms with Gasteiger partial charge in [-0.3, -0.25) is 0 Å². The first-order valence-corrected chi connectivity index (χ1v) is 4.87.